The molecule has 1 aromatic carbocycles. The number of likely N-dealkylation sites (tertiary alicyclic amines) is 1. The van der Waals surface area contributed by atoms with Crippen LogP contribution < -0.4 is 10.5 Å². The van der Waals surface area contributed by atoms with Gasteiger partial charge < -0.3 is 29.2 Å². The number of rotatable bonds is 8. The summed E-state index contributed by atoms with van der Waals surface area (Å²) in [5.41, 5.74) is 10.9. The fourth-order valence-electron chi connectivity index (χ4n) is 7.62. The number of fused-ring (bicyclic) bond motifs is 4. The van der Waals surface area contributed by atoms with Crippen molar-refractivity contribution in [3.8, 4) is 17.3 Å². The van der Waals surface area contributed by atoms with Gasteiger partial charge in [0.2, 0.25) is 0 Å². The minimum Gasteiger partial charge on any atom is -0.494 e. The third-order valence-corrected chi connectivity index (χ3v) is 10.2. The summed E-state index contributed by atoms with van der Waals surface area (Å²) in [5.74, 6) is 3.19. The lowest BCUT2D eigenvalue weighted by molar-refractivity contribution is -0.00392. The summed E-state index contributed by atoms with van der Waals surface area (Å²) in [5, 5.41) is 1.12. The van der Waals surface area contributed by atoms with Crippen molar-refractivity contribution >= 4 is 28.0 Å². The number of pyridine rings is 1. The van der Waals surface area contributed by atoms with Crippen molar-refractivity contribution in [2.24, 2.45) is 23.5 Å². The van der Waals surface area contributed by atoms with E-state index in [4.69, 9.17) is 25.2 Å². The molecule has 41 heavy (non-hydrogen) atoms. The summed E-state index contributed by atoms with van der Waals surface area (Å²) in [7, 11) is 3.48. The Morgan fingerprint density at radius 2 is 1.88 bits per heavy atom. The Labute approximate surface area is 239 Å². The molecule has 4 aromatic rings. The summed E-state index contributed by atoms with van der Waals surface area (Å²) in [4.78, 5) is 25.8. The molecule has 4 heterocycles. The van der Waals surface area contributed by atoms with E-state index in [9.17, 15) is 4.79 Å². The van der Waals surface area contributed by atoms with Crippen LogP contribution in [0, 0.1) is 17.8 Å². The van der Waals surface area contributed by atoms with E-state index >= 15 is 0 Å². The Morgan fingerprint density at radius 1 is 1.05 bits per heavy atom. The maximum Gasteiger partial charge on any atom is 0.254 e. The van der Waals surface area contributed by atoms with Gasteiger partial charge >= 0.3 is 0 Å². The Hall–Kier alpha value is -3.43. The van der Waals surface area contributed by atoms with E-state index in [0.29, 0.717) is 35.2 Å². The van der Waals surface area contributed by atoms with Crippen molar-refractivity contribution in [3.05, 3.63) is 42.1 Å². The molecule has 0 spiro atoms. The zero-order valence-corrected chi connectivity index (χ0v) is 23.8. The van der Waals surface area contributed by atoms with Gasteiger partial charge in [0.1, 0.15) is 16.9 Å². The first-order valence-corrected chi connectivity index (χ1v) is 15.1. The lowest BCUT2D eigenvalue weighted by Crippen LogP contribution is -2.41. The van der Waals surface area contributed by atoms with E-state index in [-0.39, 0.29) is 18.0 Å². The van der Waals surface area contributed by atoms with Crippen LogP contribution in [0.15, 0.2) is 36.5 Å². The normalized spacial score (nSPS) is 27.2. The molecule has 3 atom stereocenters. The average Bonchev–Trinajstić information content (AvgIpc) is 3.32. The first kappa shape index (κ1) is 25.3. The van der Waals surface area contributed by atoms with E-state index in [1.54, 1.807) is 14.2 Å². The van der Waals surface area contributed by atoms with Crippen LogP contribution >= 0.6 is 0 Å². The van der Waals surface area contributed by atoms with Gasteiger partial charge in [0, 0.05) is 56.0 Å². The number of hydrogen-bond donors (Lipinski definition) is 1. The predicted molar refractivity (Wildman–Crippen MR) is 157 cm³/mol. The fourth-order valence-corrected chi connectivity index (χ4v) is 7.62. The van der Waals surface area contributed by atoms with Crippen LogP contribution in [0.5, 0.6) is 5.75 Å². The van der Waals surface area contributed by atoms with Crippen molar-refractivity contribution in [1.82, 2.24) is 24.0 Å². The molecule has 4 aliphatic rings. The summed E-state index contributed by atoms with van der Waals surface area (Å²) >= 11 is 0. The summed E-state index contributed by atoms with van der Waals surface area (Å²) in [6, 6.07) is 10.4. The van der Waals surface area contributed by atoms with Gasteiger partial charge in [0.05, 0.1) is 24.4 Å². The molecular formula is C32H38N6O3. The first-order valence-electron chi connectivity index (χ1n) is 15.1. The number of aromatic nitrogens is 4. The molecule has 4 fully saturated rings. The number of hydrogen-bond acceptors (Lipinski definition) is 6. The smallest absolute Gasteiger partial charge is 0.254 e. The van der Waals surface area contributed by atoms with Crippen LogP contribution in [0.1, 0.15) is 48.9 Å². The highest BCUT2D eigenvalue weighted by Gasteiger charge is 2.47. The monoisotopic (exact) mass is 554 g/mol. The molecule has 2 N–H and O–H groups in total. The molecule has 3 aromatic heterocycles. The number of imidazole rings is 1. The number of ether oxygens (including phenoxy) is 2. The maximum absolute atomic E-state index is 13.8. The molecule has 1 aliphatic heterocycles. The van der Waals surface area contributed by atoms with Crippen molar-refractivity contribution in [1.29, 1.82) is 0 Å². The van der Waals surface area contributed by atoms with E-state index in [0.717, 1.165) is 78.9 Å². The van der Waals surface area contributed by atoms with Crippen molar-refractivity contribution in [2.75, 3.05) is 20.8 Å². The number of nitrogens with two attached hydrogens (primary N) is 1. The number of amides is 1. The number of benzene rings is 1. The van der Waals surface area contributed by atoms with Gasteiger partial charge in [-0.05, 0) is 86.6 Å². The van der Waals surface area contributed by atoms with Gasteiger partial charge in [-0.1, -0.05) is 0 Å². The van der Waals surface area contributed by atoms with Gasteiger partial charge in [-0.15, -0.1) is 0 Å². The third kappa shape index (κ3) is 4.07. The van der Waals surface area contributed by atoms with Gasteiger partial charge in [0.25, 0.3) is 5.91 Å². The second kappa shape index (κ2) is 9.56. The number of methoxy groups -OCH3 is 2. The number of carbonyl (C=O) groups excluding carboxylic acids is 1. The average molecular weight is 555 g/mol. The van der Waals surface area contributed by atoms with Crippen molar-refractivity contribution < 1.29 is 14.3 Å². The van der Waals surface area contributed by atoms with Crippen LogP contribution in [0.3, 0.4) is 0 Å². The first-order chi connectivity index (χ1) is 20.0. The SMILES string of the molecule is COc1cc(C(=O)N2C[C@H]3CC[C@@H]2[C@@H]3N)cc2nc(-c3cc4cccnc4n3CC3CC3)n(C[C@H]3C[C@H](OC)C3)c12. The number of carbonyl (C=O) groups is 1. The molecule has 3 saturated carbocycles. The Morgan fingerprint density at radius 3 is 2.59 bits per heavy atom. The lowest BCUT2D eigenvalue weighted by Gasteiger charge is -2.34. The van der Waals surface area contributed by atoms with Gasteiger partial charge in [-0.3, -0.25) is 4.79 Å². The number of nitrogens with zero attached hydrogens (tertiary/aromatic N) is 5. The molecule has 0 unspecified atom stereocenters. The Kier molecular flexibility index (Phi) is 5.90. The maximum atomic E-state index is 13.8. The van der Waals surface area contributed by atoms with E-state index in [2.05, 4.69) is 21.3 Å². The van der Waals surface area contributed by atoms with E-state index in [1.165, 1.54) is 12.8 Å². The van der Waals surface area contributed by atoms with E-state index in [1.807, 2.05) is 29.3 Å². The molecule has 2 bridgehead atoms. The minimum absolute atomic E-state index is 0.0259. The standard InChI is InChI=1S/C32H38N6O3/c1-40-23-10-19(11-23)16-38-29-24(12-22(14-27(29)41-2)32(39)37-17-21-7-8-25(37)28(21)33)35-31(38)26-13-20-4-3-9-34-30(20)36(26)15-18-5-6-18/h3-4,9,12-14,18-19,21,23,25,28H,5-8,10-11,15-17,33H2,1-2H3/t19-,21-,23-,25-,28-/m1/s1. The highest BCUT2D eigenvalue weighted by molar-refractivity contribution is 6.00. The molecule has 8 rings (SSSR count). The second-order valence-electron chi connectivity index (χ2n) is 12.7. The van der Waals surface area contributed by atoms with Crippen LogP contribution in [0.4, 0.5) is 0 Å². The van der Waals surface area contributed by atoms with Gasteiger partial charge in [0.15, 0.2) is 5.82 Å². The Balaban J connectivity index is 1.27. The molecule has 9 heteroatoms. The second-order valence-corrected chi connectivity index (χ2v) is 12.7. The van der Waals surface area contributed by atoms with Crippen LogP contribution in [0.25, 0.3) is 33.6 Å². The highest BCUT2D eigenvalue weighted by Crippen LogP contribution is 2.41. The van der Waals surface area contributed by atoms with E-state index < -0.39 is 0 Å². The molecule has 1 amide bonds. The summed E-state index contributed by atoms with van der Waals surface area (Å²) < 4.78 is 16.3. The van der Waals surface area contributed by atoms with Crippen LogP contribution in [0.2, 0.25) is 0 Å². The molecule has 214 valence electrons. The molecule has 0 radical (unpaired) electrons. The van der Waals surface area contributed by atoms with Gasteiger partial charge in [-0.25, -0.2) is 9.97 Å². The zero-order valence-electron chi connectivity index (χ0n) is 23.8. The summed E-state index contributed by atoms with van der Waals surface area (Å²) in [6.45, 7) is 2.49. The molecule has 1 saturated heterocycles. The molecular weight excluding hydrogens is 516 g/mol. The number of piperidine rings is 1. The minimum atomic E-state index is 0.0259. The summed E-state index contributed by atoms with van der Waals surface area (Å²) in [6.07, 6.45) is 8.85. The molecule has 3 aliphatic carbocycles. The molecule has 9 nitrogen and oxygen atoms in total. The quantitative estimate of drug-likeness (QED) is 0.345. The Bertz CT molecular complexity index is 1650. The fraction of sp³-hybridized carbons (Fsp3) is 0.531. The predicted octanol–water partition coefficient (Wildman–Crippen LogP) is 4.46. The third-order valence-electron chi connectivity index (χ3n) is 10.2. The van der Waals surface area contributed by atoms with Crippen LogP contribution in [-0.4, -0.2) is 68.9 Å². The van der Waals surface area contributed by atoms with Gasteiger partial charge in [-0.2, -0.15) is 0 Å². The zero-order chi connectivity index (χ0) is 27.8. The van der Waals surface area contributed by atoms with Crippen LogP contribution in [-0.2, 0) is 17.8 Å². The van der Waals surface area contributed by atoms with Crippen molar-refractivity contribution in [2.45, 2.75) is 69.8 Å². The lowest BCUT2D eigenvalue weighted by atomic mass is 9.82. The highest BCUT2D eigenvalue weighted by atomic mass is 16.5. The topological polar surface area (TPSA) is 100 Å². The van der Waals surface area contributed by atoms with Crippen molar-refractivity contribution in [3.63, 3.8) is 0 Å². The largest absolute Gasteiger partial charge is 0.494 e.